The van der Waals surface area contributed by atoms with E-state index < -0.39 is 22.8 Å². The normalized spacial score (nSPS) is 15.5. The number of fused-ring (bicyclic) bond motifs is 1. The Hall–Kier alpha value is -4.07. The van der Waals surface area contributed by atoms with Crippen molar-refractivity contribution in [3.63, 3.8) is 0 Å². The van der Waals surface area contributed by atoms with Crippen LogP contribution in [-0.2, 0) is 22.8 Å². The fraction of sp³-hybridized carbons (Fsp3) is 0.300. The number of rotatable bonds is 9. The van der Waals surface area contributed by atoms with Crippen molar-refractivity contribution < 1.29 is 22.5 Å². The first kappa shape index (κ1) is 30.0. The van der Waals surface area contributed by atoms with E-state index >= 15 is 0 Å². The van der Waals surface area contributed by atoms with Crippen LogP contribution in [0.5, 0.6) is 5.75 Å². The number of benzene rings is 2. The van der Waals surface area contributed by atoms with Gasteiger partial charge < -0.3 is 15.2 Å². The Balaban J connectivity index is 1.41. The molecule has 0 radical (unpaired) electrons. The van der Waals surface area contributed by atoms with Crippen LogP contribution in [0.3, 0.4) is 0 Å². The minimum Gasteiger partial charge on any atom is -0.484 e. The van der Waals surface area contributed by atoms with E-state index in [2.05, 4.69) is 14.8 Å². The first-order valence-electron chi connectivity index (χ1n) is 13.9. The fourth-order valence-electron chi connectivity index (χ4n) is 5.37. The number of anilines is 2. The van der Waals surface area contributed by atoms with Gasteiger partial charge in [-0.1, -0.05) is 29.8 Å². The standard InChI is InChI=1S/C30H30ClF2N7O3S/c1-17(18-3-6-21(31)7-4-18)43-25-13-19(5-8-24(25)38-44(41)30(32)33)27-26-28(39(2)37-27)23(15-35-29(26)34)20-14-36-40(16-20)22-9-11-42-12-10-22/h3-8,13-17,22,30,38H,9-12H2,1-2H3,(H2,34,35). The predicted octanol–water partition coefficient (Wildman–Crippen LogP) is 6.52. The van der Waals surface area contributed by atoms with Crippen LogP contribution in [0.2, 0.25) is 5.02 Å². The summed E-state index contributed by atoms with van der Waals surface area (Å²) in [7, 11) is -0.819. The number of hydrogen-bond acceptors (Lipinski definition) is 7. The lowest BCUT2D eigenvalue weighted by Gasteiger charge is -2.22. The molecule has 44 heavy (non-hydrogen) atoms. The SMILES string of the molecule is CC(Oc1cc(-c2nn(C)c3c(-c4cnn(C5CCOCC5)c4)cnc(N)c23)ccc1NS(=O)C(F)F)c1ccc(Cl)cc1. The van der Waals surface area contributed by atoms with E-state index in [0.29, 0.717) is 34.9 Å². The molecule has 1 aliphatic rings. The number of nitrogens with one attached hydrogen (secondary N) is 1. The third kappa shape index (κ3) is 5.99. The van der Waals surface area contributed by atoms with Crippen LogP contribution >= 0.6 is 11.6 Å². The predicted molar refractivity (Wildman–Crippen MR) is 167 cm³/mol. The highest BCUT2D eigenvalue weighted by Crippen LogP contribution is 2.40. The molecule has 3 N–H and O–H groups in total. The molecular weight excluding hydrogens is 612 g/mol. The van der Waals surface area contributed by atoms with Crippen LogP contribution in [-0.4, -0.2) is 47.7 Å². The number of nitrogens with two attached hydrogens (primary N) is 1. The van der Waals surface area contributed by atoms with E-state index in [4.69, 9.17) is 31.9 Å². The molecule has 2 atom stereocenters. The zero-order valence-electron chi connectivity index (χ0n) is 23.9. The van der Waals surface area contributed by atoms with E-state index in [1.54, 1.807) is 35.1 Å². The Bertz CT molecular complexity index is 1820. The van der Waals surface area contributed by atoms with Crippen LogP contribution in [0.1, 0.15) is 37.5 Å². The molecule has 1 fully saturated rings. The van der Waals surface area contributed by atoms with Crippen LogP contribution in [0.15, 0.2) is 61.1 Å². The van der Waals surface area contributed by atoms with Gasteiger partial charge in [0.25, 0.3) is 0 Å². The lowest BCUT2D eigenvalue weighted by atomic mass is 10.0. The molecule has 0 bridgehead atoms. The quantitative estimate of drug-likeness (QED) is 0.188. The van der Waals surface area contributed by atoms with Crippen molar-refractivity contribution >= 4 is 45.0 Å². The minimum absolute atomic E-state index is 0.140. The highest BCUT2D eigenvalue weighted by Gasteiger charge is 2.23. The van der Waals surface area contributed by atoms with Gasteiger partial charge in [0.05, 0.1) is 28.8 Å². The fourth-order valence-corrected chi connectivity index (χ4v) is 5.97. The maximum Gasteiger partial charge on any atom is 0.330 e. The number of ether oxygens (including phenoxy) is 2. The highest BCUT2D eigenvalue weighted by molar-refractivity contribution is 7.86. The molecule has 14 heteroatoms. The van der Waals surface area contributed by atoms with Crippen molar-refractivity contribution in [2.45, 2.75) is 37.7 Å². The molecular formula is C30H30ClF2N7O3S. The molecule has 0 saturated carbocycles. The Labute approximate surface area is 259 Å². The molecule has 10 nitrogen and oxygen atoms in total. The number of aromatic nitrogens is 5. The van der Waals surface area contributed by atoms with Crippen molar-refractivity contribution in [1.82, 2.24) is 24.5 Å². The van der Waals surface area contributed by atoms with Crippen LogP contribution in [0, 0.1) is 0 Å². The number of hydrogen-bond donors (Lipinski definition) is 2. The topological polar surface area (TPSA) is 122 Å². The van der Waals surface area contributed by atoms with Gasteiger partial charge >= 0.3 is 5.76 Å². The molecule has 4 heterocycles. The maximum absolute atomic E-state index is 13.2. The van der Waals surface area contributed by atoms with E-state index in [1.165, 1.54) is 6.07 Å². The molecule has 2 aromatic carbocycles. The van der Waals surface area contributed by atoms with E-state index in [-0.39, 0.29) is 23.3 Å². The molecule has 0 spiro atoms. The largest absolute Gasteiger partial charge is 0.484 e. The zero-order chi connectivity index (χ0) is 31.0. The smallest absolute Gasteiger partial charge is 0.330 e. The number of alkyl halides is 2. The second kappa shape index (κ2) is 12.5. The Morgan fingerprint density at radius 3 is 2.61 bits per heavy atom. The summed E-state index contributed by atoms with van der Waals surface area (Å²) in [5.41, 5.74) is 11.0. The van der Waals surface area contributed by atoms with Gasteiger partial charge in [0.2, 0.25) is 0 Å². The Morgan fingerprint density at radius 2 is 1.89 bits per heavy atom. The second-order valence-electron chi connectivity index (χ2n) is 10.5. The second-order valence-corrected chi connectivity index (χ2v) is 12.1. The summed E-state index contributed by atoms with van der Waals surface area (Å²) in [6, 6.07) is 12.2. The summed E-state index contributed by atoms with van der Waals surface area (Å²) in [5.74, 6) is -2.60. The van der Waals surface area contributed by atoms with Gasteiger partial charge in [0.1, 0.15) is 23.4 Å². The minimum atomic E-state index is -3.09. The Kier molecular flexibility index (Phi) is 8.52. The monoisotopic (exact) mass is 641 g/mol. The van der Waals surface area contributed by atoms with Gasteiger partial charge in [0, 0.05) is 54.4 Å². The van der Waals surface area contributed by atoms with Gasteiger partial charge in [-0.2, -0.15) is 19.0 Å². The van der Waals surface area contributed by atoms with Crippen molar-refractivity contribution in [3.8, 4) is 28.1 Å². The molecule has 0 aliphatic carbocycles. The Morgan fingerprint density at radius 1 is 1.14 bits per heavy atom. The zero-order valence-corrected chi connectivity index (χ0v) is 25.5. The summed E-state index contributed by atoms with van der Waals surface area (Å²) >= 11 is 6.04. The molecule has 1 saturated heterocycles. The van der Waals surface area contributed by atoms with E-state index in [0.717, 1.165) is 35.0 Å². The first-order chi connectivity index (χ1) is 21.2. The average molecular weight is 642 g/mol. The van der Waals surface area contributed by atoms with Crippen molar-refractivity contribution in [2.24, 2.45) is 7.05 Å². The van der Waals surface area contributed by atoms with Crippen LogP contribution in [0.4, 0.5) is 20.3 Å². The number of aryl methyl sites for hydroxylation is 1. The third-order valence-electron chi connectivity index (χ3n) is 7.64. The summed E-state index contributed by atoms with van der Waals surface area (Å²) in [6.45, 7) is 3.22. The van der Waals surface area contributed by atoms with Crippen LogP contribution < -0.4 is 15.2 Å². The van der Waals surface area contributed by atoms with E-state index in [9.17, 15) is 13.0 Å². The average Bonchev–Trinajstić information content (AvgIpc) is 3.65. The maximum atomic E-state index is 13.2. The van der Waals surface area contributed by atoms with Gasteiger partial charge in [-0.3, -0.25) is 14.1 Å². The van der Waals surface area contributed by atoms with Crippen molar-refractivity contribution in [2.75, 3.05) is 23.7 Å². The van der Waals surface area contributed by atoms with Crippen LogP contribution in [0.25, 0.3) is 33.3 Å². The van der Waals surface area contributed by atoms with Crippen molar-refractivity contribution in [1.29, 1.82) is 0 Å². The summed E-state index contributed by atoms with van der Waals surface area (Å²) in [5, 5.41) is 10.6. The highest BCUT2D eigenvalue weighted by atomic mass is 35.5. The number of nitrogen functional groups attached to an aromatic ring is 1. The molecule has 2 unspecified atom stereocenters. The van der Waals surface area contributed by atoms with Gasteiger partial charge in [-0.15, -0.1) is 0 Å². The molecule has 6 rings (SSSR count). The number of halogens is 3. The van der Waals surface area contributed by atoms with E-state index in [1.807, 2.05) is 43.2 Å². The lowest BCUT2D eigenvalue weighted by molar-refractivity contribution is 0.0662. The lowest BCUT2D eigenvalue weighted by Crippen LogP contribution is -2.19. The molecule has 3 aromatic heterocycles. The third-order valence-corrected chi connectivity index (χ3v) is 8.64. The molecule has 230 valence electrons. The summed E-state index contributed by atoms with van der Waals surface area (Å²) < 4.78 is 56.2. The van der Waals surface area contributed by atoms with Gasteiger partial charge in [-0.25, -0.2) is 9.19 Å². The number of pyridine rings is 1. The van der Waals surface area contributed by atoms with Gasteiger partial charge in [-0.05, 0) is 49.6 Å². The number of nitrogens with zero attached hydrogens (tertiary/aromatic N) is 5. The summed E-state index contributed by atoms with van der Waals surface area (Å²) in [6.07, 6.45) is 6.82. The summed E-state index contributed by atoms with van der Waals surface area (Å²) in [4.78, 5) is 4.49. The van der Waals surface area contributed by atoms with Crippen molar-refractivity contribution in [3.05, 3.63) is 71.6 Å². The molecule has 5 aromatic rings. The molecule has 1 aliphatic heterocycles. The van der Waals surface area contributed by atoms with Gasteiger partial charge in [0.15, 0.2) is 11.0 Å². The molecule has 0 amide bonds. The first-order valence-corrected chi connectivity index (χ1v) is 15.5.